The fourth-order valence-corrected chi connectivity index (χ4v) is 4.18. The number of amidine groups is 1. The number of hydrogen-bond donors (Lipinski definition) is 1. The highest BCUT2D eigenvalue weighted by Gasteiger charge is 2.29. The summed E-state index contributed by atoms with van der Waals surface area (Å²) in [5.41, 5.74) is 1.10. The van der Waals surface area contributed by atoms with Gasteiger partial charge < -0.3 is 4.74 Å². The number of sulfonamides is 1. The first-order chi connectivity index (χ1) is 14.0. The number of nitrogens with one attached hydrogen (secondary N) is 1. The third kappa shape index (κ3) is 5.51. The molecule has 0 radical (unpaired) electrons. The van der Waals surface area contributed by atoms with E-state index in [-0.39, 0.29) is 23.7 Å². The summed E-state index contributed by atoms with van der Waals surface area (Å²) in [7, 11) is -3.52. The highest BCUT2D eigenvalue weighted by Crippen LogP contribution is 2.22. The Bertz CT molecular complexity index is 1020. The summed E-state index contributed by atoms with van der Waals surface area (Å²) in [5.74, 6) is -0.272. The van der Waals surface area contributed by atoms with E-state index in [1.807, 2.05) is 6.07 Å². The van der Waals surface area contributed by atoms with Crippen LogP contribution >= 0.6 is 0 Å². The minimum absolute atomic E-state index is 0.228. The Balaban J connectivity index is 1.35. The number of rotatable bonds is 9. The second-order valence-corrected chi connectivity index (χ2v) is 8.24. The Morgan fingerprint density at radius 3 is 2.45 bits per heavy atom. The average Bonchev–Trinajstić information content (AvgIpc) is 3.00. The lowest BCUT2D eigenvalue weighted by molar-refractivity contribution is -0.142. The van der Waals surface area contributed by atoms with Crippen LogP contribution in [0.3, 0.4) is 0 Å². The van der Waals surface area contributed by atoms with Gasteiger partial charge in [0.25, 0.3) is 10.0 Å². The number of fused-ring (bicyclic) bond motifs is 1. The molecule has 8 heteroatoms. The number of carbonyl (C=O) groups is 2. The summed E-state index contributed by atoms with van der Waals surface area (Å²) in [6.45, 7) is 0.198. The molecule has 29 heavy (non-hydrogen) atoms. The SMILES string of the molecule is O=C(CCCCCN=C1NS(=O)(=O)c2ccccc21)OCC(=O)c1ccccc1. The molecule has 0 bridgehead atoms. The summed E-state index contributed by atoms with van der Waals surface area (Å²) >= 11 is 0. The Morgan fingerprint density at radius 1 is 0.931 bits per heavy atom. The Morgan fingerprint density at radius 2 is 1.66 bits per heavy atom. The first-order valence-electron chi connectivity index (χ1n) is 9.38. The molecular formula is C21H22N2O5S. The molecule has 2 aromatic rings. The number of esters is 1. The summed E-state index contributed by atoms with van der Waals surface area (Å²) < 4.78 is 31.5. The van der Waals surface area contributed by atoms with E-state index >= 15 is 0 Å². The molecule has 0 saturated carbocycles. The normalized spacial score (nSPS) is 15.5. The smallest absolute Gasteiger partial charge is 0.306 e. The largest absolute Gasteiger partial charge is 0.457 e. The first kappa shape index (κ1) is 20.7. The number of ketones is 1. The Labute approximate surface area is 169 Å². The Kier molecular flexibility index (Phi) is 6.77. The van der Waals surface area contributed by atoms with Gasteiger partial charge in [0.05, 0.1) is 4.90 Å². The summed E-state index contributed by atoms with van der Waals surface area (Å²) in [6, 6.07) is 15.4. The van der Waals surface area contributed by atoms with Crippen LogP contribution in [0.15, 0.2) is 64.5 Å². The van der Waals surface area contributed by atoms with Gasteiger partial charge in [-0.2, -0.15) is 0 Å². The number of ether oxygens (including phenoxy) is 1. The van der Waals surface area contributed by atoms with Crippen molar-refractivity contribution in [3.63, 3.8) is 0 Å². The molecule has 0 aliphatic carbocycles. The molecule has 0 fully saturated rings. The van der Waals surface area contributed by atoms with E-state index in [0.717, 1.165) is 6.42 Å². The lowest BCUT2D eigenvalue weighted by Crippen LogP contribution is -2.22. The van der Waals surface area contributed by atoms with Gasteiger partial charge in [-0.3, -0.25) is 19.3 Å². The monoisotopic (exact) mass is 414 g/mol. The Hall–Kier alpha value is -3.00. The van der Waals surface area contributed by atoms with E-state index in [2.05, 4.69) is 9.71 Å². The van der Waals surface area contributed by atoms with Crippen molar-refractivity contribution in [1.29, 1.82) is 0 Å². The van der Waals surface area contributed by atoms with Crippen molar-refractivity contribution in [1.82, 2.24) is 4.72 Å². The van der Waals surface area contributed by atoms with Crippen molar-refractivity contribution in [3.05, 3.63) is 65.7 Å². The van der Waals surface area contributed by atoms with Crippen LogP contribution in [-0.2, 0) is 19.6 Å². The quantitative estimate of drug-likeness (QED) is 0.386. The van der Waals surface area contributed by atoms with Crippen LogP contribution in [0.25, 0.3) is 0 Å². The van der Waals surface area contributed by atoms with E-state index in [0.29, 0.717) is 36.3 Å². The lowest BCUT2D eigenvalue weighted by atomic mass is 10.1. The minimum atomic E-state index is -3.52. The van der Waals surface area contributed by atoms with Crippen molar-refractivity contribution < 1.29 is 22.7 Å². The number of carbonyl (C=O) groups excluding carboxylic acids is 2. The fraction of sp³-hybridized carbons (Fsp3) is 0.286. The molecule has 1 aliphatic heterocycles. The molecule has 0 amide bonds. The van der Waals surface area contributed by atoms with Crippen LogP contribution in [0.4, 0.5) is 0 Å². The van der Waals surface area contributed by atoms with Gasteiger partial charge in [-0.1, -0.05) is 48.9 Å². The van der Waals surface area contributed by atoms with Crippen LogP contribution in [-0.4, -0.2) is 39.2 Å². The number of aliphatic imine (C=N–C) groups is 1. The number of benzene rings is 2. The van der Waals surface area contributed by atoms with Gasteiger partial charge in [0.1, 0.15) is 5.84 Å². The summed E-state index contributed by atoms with van der Waals surface area (Å²) in [6.07, 6.45) is 2.30. The molecule has 7 nitrogen and oxygen atoms in total. The van der Waals surface area contributed by atoms with Crippen molar-refractivity contribution in [2.24, 2.45) is 4.99 Å². The maximum absolute atomic E-state index is 12.0. The fourth-order valence-electron chi connectivity index (χ4n) is 2.93. The number of hydrogen-bond acceptors (Lipinski definition) is 6. The van der Waals surface area contributed by atoms with E-state index in [1.54, 1.807) is 48.5 Å². The molecule has 0 atom stereocenters. The maximum atomic E-state index is 12.0. The highest BCUT2D eigenvalue weighted by molar-refractivity contribution is 7.90. The van der Waals surface area contributed by atoms with E-state index in [9.17, 15) is 18.0 Å². The molecule has 0 saturated heterocycles. The van der Waals surface area contributed by atoms with Gasteiger partial charge in [0, 0.05) is 24.1 Å². The predicted molar refractivity (Wildman–Crippen MR) is 108 cm³/mol. The highest BCUT2D eigenvalue weighted by atomic mass is 32.2. The molecule has 0 spiro atoms. The lowest BCUT2D eigenvalue weighted by Gasteiger charge is -2.04. The number of unbranched alkanes of at least 4 members (excludes halogenated alkanes) is 2. The maximum Gasteiger partial charge on any atom is 0.306 e. The molecule has 0 aromatic heterocycles. The standard InChI is InChI=1S/C21H22N2O5S/c24-18(16-9-3-1-4-10-16)15-28-20(25)13-5-2-8-14-22-21-17-11-6-7-12-19(17)29(26,27)23-21/h1,3-4,6-7,9-12H,2,5,8,13-15H2,(H,22,23). The van der Waals surface area contributed by atoms with Crippen molar-refractivity contribution in [3.8, 4) is 0 Å². The van der Waals surface area contributed by atoms with E-state index < -0.39 is 16.0 Å². The van der Waals surface area contributed by atoms with Gasteiger partial charge >= 0.3 is 5.97 Å². The molecule has 1 aliphatic rings. The van der Waals surface area contributed by atoms with Crippen molar-refractivity contribution in [2.75, 3.05) is 13.2 Å². The predicted octanol–water partition coefficient (Wildman–Crippen LogP) is 2.71. The summed E-state index contributed by atoms with van der Waals surface area (Å²) in [4.78, 5) is 28.2. The number of nitrogens with zero attached hydrogens (tertiary/aromatic N) is 1. The number of Topliss-reactive ketones (excluding diaryl/α,β-unsaturated/α-hetero) is 1. The van der Waals surface area contributed by atoms with Crippen molar-refractivity contribution in [2.45, 2.75) is 30.6 Å². The van der Waals surface area contributed by atoms with Crippen LogP contribution in [0.5, 0.6) is 0 Å². The van der Waals surface area contributed by atoms with Gasteiger partial charge in [-0.15, -0.1) is 0 Å². The van der Waals surface area contributed by atoms with Crippen molar-refractivity contribution >= 4 is 27.6 Å². The van der Waals surface area contributed by atoms with Gasteiger partial charge in [-0.25, -0.2) is 8.42 Å². The van der Waals surface area contributed by atoms with E-state index in [1.165, 1.54) is 0 Å². The molecule has 1 N–H and O–H groups in total. The molecule has 152 valence electrons. The van der Waals surface area contributed by atoms with E-state index in [4.69, 9.17) is 4.74 Å². The zero-order valence-electron chi connectivity index (χ0n) is 15.8. The minimum Gasteiger partial charge on any atom is -0.457 e. The summed E-state index contributed by atoms with van der Waals surface area (Å²) in [5, 5.41) is 0. The first-order valence-corrected chi connectivity index (χ1v) is 10.9. The average molecular weight is 414 g/mol. The topological polar surface area (TPSA) is 102 Å². The molecule has 0 unspecified atom stereocenters. The second kappa shape index (κ2) is 9.47. The third-order valence-corrected chi connectivity index (χ3v) is 5.83. The van der Waals surface area contributed by atoms with Crippen LogP contribution in [0, 0.1) is 0 Å². The molecule has 1 heterocycles. The van der Waals surface area contributed by atoms with Crippen LogP contribution in [0.2, 0.25) is 0 Å². The van der Waals surface area contributed by atoms with Crippen LogP contribution in [0.1, 0.15) is 41.6 Å². The van der Waals surface area contributed by atoms with Gasteiger partial charge in [0.2, 0.25) is 0 Å². The third-order valence-electron chi connectivity index (χ3n) is 4.43. The molecule has 2 aromatic carbocycles. The zero-order valence-corrected chi connectivity index (χ0v) is 16.7. The second-order valence-electron chi connectivity index (χ2n) is 6.59. The molecular weight excluding hydrogens is 392 g/mol. The zero-order chi connectivity index (χ0) is 20.7. The molecule has 3 rings (SSSR count). The van der Waals surface area contributed by atoms with Crippen LogP contribution < -0.4 is 4.72 Å². The van der Waals surface area contributed by atoms with Gasteiger partial charge in [0.15, 0.2) is 12.4 Å². The van der Waals surface area contributed by atoms with Gasteiger partial charge in [-0.05, 0) is 25.0 Å².